The van der Waals surface area contributed by atoms with Crippen LogP contribution in [0.5, 0.6) is 0 Å². The van der Waals surface area contributed by atoms with Crippen molar-refractivity contribution >= 4 is 28.6 Å². The van der Waals surface area contributed by atoms with E-state index in [4.69, 9.17) is 4.74 Å². The van der Waals surface area contributed by atoms with E-state index in [1.165, 1.54) is 12.1 Å². The van der Waals surface area contributed by atoms with Crippen LogP contribution < -0.4 is 5.32 Å². The van der Waals surface area contributed by atoms with Gasteiger partial charge in [-0.25, -0.2) is 9.59 Å². The summed E-state index contributed by atoms with van der Waals surface area (Å²) in [7, 11) is 0. The third-order valence-corrected chi connectivity index (χ3v) is 6.01. The first kappa shape index (κ1) is 25.3. The quantitative estimate of drug-likeness (QED) is 0.398. The summed E-state index contributed by atoms with van der Waals surface area (Å²) in [6.45, 7) is 3.66. The van der Waals surface area contributed by atoms with Crippen LogP contribution in [-0.2, 0) is 17.5 Å². The molecule has 3 aromatic heterocycles. The van der Waals surface area contributed by atoms with Gasteiger partial charge in [0, 0.05) is 54.9 Å². The minimum atomic E-state index is -4.69. The van der Waals surface area contributed by atoms with Gasteiger partial charge in [-0.1, -0.05) is 6.07 Å². The van der Waals surface area contributed by atoms with Gasteiger partial charge in [0.2, 0.25) is 0 Å². The Kier molecular flexibility index (Phi) is 6.78. The third-order valence-electron chi connectivity index (χ3n) is 6.01. The van der Waals surface area contributed by atoms with E-state index in [9.17, 15) is 27.9 Å². The molecule has 10 nitrogen and oxygen atoms in total. The van der Waals surface area contributed by atoms with Crippen molar-refractivity contribution in [2.45, 2.75) is 12.7 Å². The number of morpholine rings is 1. The van der Waals surface area contributed by atoms with Crippen LogP contribution >= 0.6 is 0 Å². The standard InChI is InChI=1S/C25H21F3N6O4/c26-25(27,28)21-11-18(3-4-30-21)31-24(37)34-20-2-1-16(10-19(20)22(32-34)23(35)36)17-9-15(12-29-13-17)14-33-5-7-38-8-6-33/h1-4,9-13H,5-8,14H2,(H,35,36)(H,30,31,37). The van der Waals surface area contributed by atoms with E-state index in [-0.39, 0.29) is 22.3 Å². The number of pyridine rings is 2. The molecule has 1 fully saturated rings. The lowest BCUT2D eigenvalue weighted by atomic mass is 10.0. The fraction of sp³-hybridized carbons (Fsp3) is 0.240. The van der Waals surface area contributed by atoms with Gasteiger partial charge in [-0.05, 0) is 41.5 Å². The normalized spacial score (nSPS) is 14.5. The van der Waals surface area contributed by atoms with E-state index in [2.05, 4.69) is 25.3 Å². The number of benzene rings is 1. The average Bonchev–Trinajstić information content (AvgIpc) is 3.29. The number of anilines is 1. The number of hydrogen-bond donors (Lipinski definition) is 2. The molecule has 0 unspecified atom stereocenters. The maximum Gasteiger partial charge on any atom is 0.433 e. The maximum atomic E-state index is 13.0. The van der Waals surface area contributed by atoms with Gasteiger partial charge in [-0.2, -0.15) is 23.0 Å². The fourth-order valence-corrected chi connectivity index (χ4v) is 4.20. The molecule has 0 atom stereocenters. The molecule has 1 aliphatic heterocycles. The van der Waals surface area contributed by atoms with Crippen LogP contribution in [0, 0.1) is 0 Å². The van der Waals surface area contributed by atoms with Crippen LogP contribution in [0.25, 0.3) is 22.0 Å². The molecular formula is C25H21F3N6O4. The number of alkyl halides is 3. The second-order valence-electron chi connectivity index (χ2n) is 8.63. The van der Waals surface area contributed by atoms with Crippen LogP contribution in [0.2, 0.25) is 0 Å². The molecule has 0 radical (unpaired) electrons. The summed E-state index contributed by atoms with van der Waals surface area (Å²) in [5.74, 6) is -1.36. The van der Waals surface area contributed by atoms with Gasteiger partial charge in [0.05, 0.1) is 18.7 Å². The molecule has 13 heteroatoms. The number of rotatable bonds is 5. The van der Waals surface area contributed by atoms with Gasteiger partial charge in [0.25, 0.3) is 0 Å². The molecule has 0 saturated carbocycles. The van der Waals surface area contributed by atoms with Crippen molar-refractivity contribution in [3.8, 4) is 11.1 Å². The van der Waals surface area contributed by atoms with Gasteiger partial charge in [0.1, 0.15) is 5.69 Å². The minimum Gasteiger partial charge on any atom is -0.476 e. The van der Waals surface area contributed by atoms with E-state index in [0.29, 0.717) is 31.4 Å². The number of carboxylic acid groups (broad SMARTS) is 1. The van der Waals surface area contributed by atoms with Crippen LogP contribution in [0.3, 0.4) is 0 Å². The molecule has 0 aliphatic carbocycles. The minimum absolute atomic E-state index is 0.169. The summed E-state index contributed by atoms with van der Waals surface area (Å²) >= 11 is 0. The Labute approximate surface area is 213 Å². The largest absolute Gasteiger partial charge is 0.476 e. The first-order chi connectivity index (χ1) is 18.2. The number of nitrogens with zero attached hydrogens (tertiary/aromatic N) is 5. The summed E-state index contributed by atoms with van der Waals surface area (Å²) in [5.41, 5.74) is 0.849. The summed E-state index contributed by atoms with van der Waals surface area (Å²) in [6.07, 6.45) is -0.356. The summed E-state index contributed by atoms with van der Waals surface area (Å²) < 4.78 is 45.1. The van der Waals surface area contributed by atoms with Crippen LogP contribution in [-0.4, -0.2) is 68.1 Å². The van der Waals surface area contributed by atoms with Gasteiger partial charge in [-0.15, -0.1) is 0 Å². The van der Waals surface area contributed by atoms with Crippen molar-refractivity contribution in [3.05, 3.63) is 71.9 Å². The third kappa shape index (κ3) is 5.33. The van der Waals surface area contributed by atoms with E-state index in [1.54, 1.807) is 24.5 Å². The number of halogens is 3. The monoisotopic (exact) mass is 526 g/mol. The fourth-order valence-electron chi connectivity index (χ4n) is 4.20. The topological polar surface area (TPSA) is 122 Å². The lowest BCUT2D eigenvalue weighted by molar-refractivity contribution is -0.141. The Balaban J connectivity index is 1.45. The van der Waals surface area contributed by atoms with E-state index >= 15 is 0 Å². The zero-order valence-electron chi connectivity index (χ0n) is 19.8. The molecule has 1 amide bonds. The number of carboxylic acids is 1. The number of nitrogens with one attached hydrogen (secondary N) is 1. The van der Waals surface area contributed by atoms with E-state index < -0.39 is 23.9 Å². The predicted octanol–water partition coefficient (Wildman–Crippen LogP) is 4.12. The number of amides is 1. The molecule has 5 rings (SSSR count). The molecule has 2 N–H and O–H groups in total. The van der Waals surface area contributed by atoms with Gasteiger partial charge >= 0.3 is 18.2 Å². The van der Waals surface area contributed by atoms with Crippen LogP contribution in [0.4, 0.5) is 23.7 Å². The Morgan fingerprint density at radius 3 is 2.58 bits per heavy atom. The molecule has 196 valence electrons. The second-order valence-corrected chi connectivity index (χ2v) is 8.63. The molecule has 38 heavy (non-hydrogen) atoms. The molecule has 1 aromatic carbocycles. The number of ether oxygens (including phenoxy) is 1. The zero-order chi connectivity index (χ0) is 26.9. The van der Waals surface area contributed by atoms with Crippen molar-refractivity contribution < 1.29 is 32.6 Å². The number of fused-ring (bicyclic) bond motifs is 1. The zero-order valence-corrected chi connectivity index (χ0v) is 19.8. The number of carbonyl (C=O) groups excluding carboxylic acids is 1. The van der Waals surface area contributed by atoms with Crippen LogP contribution in [0.1, 0.15) is 21.7 Å². The van der Waals surface area contributed by atoms with E-state index in [1.807, 2.05) is 6.07 Å². The first-order valence-electron chi connectivity index (χ1n) is 11.5. The molecule has 4 aromatic rings. The number of hydrogen-bond acceptors (Lipinski definition) is 7. The highest BCUT2D eigenvalue weighted by molar-refractivity contribution is 6.06. The number of aromatic carboxylic acids is 1. The summed E-state index contributed by atoms with van der Waals surface area (Å²) in [4.78, 5) is 34.6. The number of carbonyl (C=O) groups is 2. The van der Waals surface area contributed by atoms with Crippen molar-refractivity contribution in [3.63, 3.8) is 0 Å². The molecule has 0 bridgehead atoms. The van der Waals surface area contributed by atoms with Gasteiger partial charge in [-0.3, -0.25) is 14.9 Å². The van der Waals surface area contributed by atoms with Crippen molar-refractivity contribution in [1.82, 2.24) is 24.6 Å². The highest BCUT2D eigenvalue weighted by Crippen LogP contribution is 2.30. The Morgan fingerprint density at radius 1 is 1.05 bits per heavy atom. The van der Waals surface area contributed by atoms with Crippen molar-refractivity contribution in [2.75, 3.05) is 31.6 Å². The number of aromatic nitrogens is 4. The SMILES string of the molecule is O=C(O)c1nn(C(=O)Nc2ccnc(C(F)(F)F)c2)c2ccc(-c3cncc(CN4CCOCC4)c3)cc12. The smallest absolute Gasteiger partial charge is 0.433 e. The average molecular weight is 526 g/mol. The predicted molar refractivity (Wildman–Crippen MR) is 130 cm³/mol. The highest BCUT2D eigenvalue weighted by Gasteiger charge is 2.32. The lowest BCUT2D eigenvalue weighted by Gasteiger charge is -2.26. The lowest BCUT2D eigenvalue weighted by Crippen LogP contribution is -2.35. The van der Waals surface area contributed by atoms with Crippen molar-refractivity contribution in [2.24, 2.45) is 0 Å². The van der Waals surface area contributed by atoms with E-state index in [0.717, 1.165) is 35.1 Å². The maximum absolute atomic E-state index is 13.0. The first-order valence-corrected chi connectivity index (χ1v) is 11.5. The van der Waals surface area contributed by atoms with Crippen molar-refractivity contribution in [1.29, 1.82) is 0 Å². The summed E-state index contributed by atoms with van der Waals surface area (Å²) in [5, 5.41) is 16.1. The molecule has 0 spiro atoms. The Morgan fingerprint density at radius 2 is 1.84 bits per heavy atom. The Bertz CT molecular complexity index is 1510. The second kappa shape index (κ2) is 10.2. The molecule has 4 heterocycles. The molecular weight excluding hydrogens is 505 g/mol. The van der Waals surface area contributed by atoms with Gasteiger partial charge < -0.3 is 15.2 Å². The highest BCUT2D eigenvalue weighted by atomic mass is 19.4. The summed E-state index contributed by atoms with van der Waals surface area (Å²) in [6, 6.07) is 7.73. The Hall–Kier alpha value is -4.36. The molecule has 1 saturated heterocycles. The van der Waals surface area contributed by atoms with Crippen LogP contribution in [0.15, 0.2) is 55.0 Å². The van der Waals surface area contributed by atoms with Gasteiger partial charge in [0.15, 0.2) is 5.69 Å². The molecule has 1 aliphatic rings.